The van der Waals surface area contributed by atoms with Crippen molar-refractivity contribution in [2.45, 2.75) is 0 Å². The molecule has 0 saturated heterocycles. The van der Waals surface area contributed by atoms with Gasteiger partial charge in [-0.1, -0.05) is 11.6 Å². The lowest BCUT2D eigenvalue weighted by Gasteiger charge is -1.93. The summed E-state index contributed by atoms with van der Waals surface area (Å²) in [5.74, 6) is 0.478. The van der Waals surface area contributed by atoms with E-state index in [0.29, 0.717) is 17.0 Å². The first-order valence-electron chi connectivity index (χ1n) is 4.99. The summed E-state index contributed by atoms with van der Waals surface area (Å²) < 4.78 is 1.53. The monoisotopic (exact) mass is 263 g/mol. The van der Waals surface area contributed by atoms with Crippen molar-refractivity contribution in [3.8, 4) is 5.95 Å². The second-order valence-electron chi connectivity index (χ2n) is 3.59. The lowest BCUT2D eigenvalue weighted by molar-refractivity contribution is -0.384. The average Bonchev–Trinajstić information content (AvgIpc) is 2.95. The van der Waals surface area contributed by atoms with Gasteiger partial charge in [0.25, 0.3) is 5.69 Å². The number of nitro groups is 1. The number of nitrogens with zero attached hydrogens (tertiary/aromatic N) is 4. The van der Waals surface area contributed by atoms with Crippen LogP contribution >= 0.6 is 11.6 Å². The first kappa shape index (κ1) is 10.7. The van der Waals surface area contributed by atoms with Crippen molar-refractivity contribution in [1.29, 1.82) is 0 Å². The Morgan fingerprint density at radius 1 is 1.44 bits per heavy atom. The van der Waals surface area contributed by atoms with E-state index in [-0.39, 0.29) is 10.7 Å². The number of aromatic amines is 1. The lowest BCUT2D eigenvalue weighted by atomic mass is 10.3. The number of nitrogens with one attached hydrogen (secondary N) is 1. The van der Waals surface area contributed by atoms with Crippen LogP contribution in [0.3, 0.4) is 0 Å². The van der Waals surface area contributed by atoms with Gasteiger partial charge in [-0.3, -0.25) is 10.1 Å². The van der Waals surface area contributed by atoms with Gasteiger partial charge >= 0.3 is 0 Å². The lowest BCUT2D eigenvalue weighted by Crippen LogP contribution is -1.95. The number of hydrogen-bond acceptors (Lipinski definition) is 4. The second kappa shape index (κ2) is 3.81. The normalized spacial score (nSPS) is 10.9. The van der Waals surface area contributed by atoms with Gasteiger partial charge in [-0.25, -0.2) is 9.67 Å². The molecule has 0 unspecified atom stereocenters. The fourth-order valence-corrected chi connectivity index (χ4v) is 1.88. The minimum atomic E-state index is -0.538. The first-order chi connectivity index (χ1) is 8.65. The molecule has 3 aromatic rings. The Kier molecular flexibility index (Phi) is 2.27. The number of nitro benzene ring substituents is 1. The Hall–Kier alpha value is -2.41. The number of benzene rings is 1. The highest BCUT2D eigenvalue weighted by Crippen LogP contribution is 2.28. The van der Waals surface area contributed by atoms with Crippen LogP contribution in [0.25, 0.3) is 17.0 Å². The van der Waals surface area contributed by atoms with Crippen LogP contribution < -0.4 is 0 Å². The molecule has 1 N–H and O–H groups in total. The molecule has 0 aliphatic carbocycles. The molecule has 0 radical (unpaired) electrons. The van der Waals surface area contributed by atoms with Crippen LogP contribution in [0, 0.1) is 10.1 Å². The second-order valence-corrected chi connectivity index (χ2v) is 4.00. The smallest absolute Gasteiger partial charge is 0.290 e. The molecule has 18 heavy (non-hydrogen) atoms. The number of hydrogen-bond donors (Lipinski definition) is 1. The van der Waals surface area contributed by atoms with Crippen molar-refractivity contribution in [1.82, 2.24) is 19.7 Å². The molecule has 0 saturated carbocycles. The van der Waals surface area contributed by atoms with E-state index in [1.54, 1.807) is 18.5 Å². The highest BCUT2D eigenvalue weighted by atomic mass is 35.5. The van der Waals surface area contributed by atoms with Crippen molar-refractivity contribution in [2.24, 2.45) is 0 Å². The number of halogens is 1. The third kappa shape index (κ3) is 1.61. The zero-order chi connectivity index (χ0) is 12.7. The van der Waals surface area contributed by atoms with Crippen LogP contribution in [0.5, 0.6) is 0 Å². The number of H-pyrrole nitrogens is 1. The largest absolute Gasteiger partial charge is 0.322 e. The third-order valence-electron chi connectivity index (χ3n) is 2.46. The molecular weight excluding hydrogens is 258 g/mol. The number of fused-ring (bicyclic) bond motifs is 1. The predicted molar refractivity (Wildman–Crippen MR) is 64.9 cm³/mol. The van der Waals surface area contributed by atoms with Crippen LogP contribution in [-0.2, 0) is 0 Å². The number of imidazole rings is 1. The third-order valence-corrected chi connectivity index (χ3v) is 2.76. The van der Waals surface area contributed by atoms with Gasteiger partial charge in [-0.2, -0.15) is 5.10 Å². The predicted octanol–water partition coefficient (Wildman–Crippen LogP) is 2.31. The molecule has 0 fully saturated rings. The average molecular weight is 264 g/mol. The fourth-order valence-electron chi connectivity index (χ4n) is 1.65. The zero-order valence-electron chi connectivity index (χ0n) is 8.87. The highest BCUT2D eigenvalue weighted by molar-refractivity contribution is 6.33. The van der Waals surface area contributed by atoms with Crippen LogP contribution in [0.2, 0.25) is 5.02 Å². The van der Waals surface area contributed by atoms with Gasteiger partial charge < -0.3 is 4.98 Å². The number of aromatic nitrogens is 4. The highest BCUT2D eigenvalue weighted by Gasteiger charge is 2.16. The minimum Gasteiger partial charge on any atom is -0.322 e. The van der Waals surface area contributed by atoms with Gasteiger partial charge in [0.1, 0.15) is 5.02 Å². The molecule has 0 atom stereocenters. The molecule has 2 aromatic heterocycles. The summed E-state index contributed by atoms with van der Waals surface area (Å²) in [5, 5.41) is 14.9. The molecule has 0 spiro atoms. The van der Waals surface area contributed by atoms with E-state index in [9.17, 15) is 10.1 Å². The Labute approximate surface area is 105 Å². The molecule has 8 heteroatoms. The van der Waals surface area contributed by atoms with Gasteiger partial charge in [-0.05, 0) is 12.1 Å². The molecule has 0 aliphatic heterocycles. The maximum atomic E-state index is 10.8. The van der Waals surface area contributed by atoms with E-state index in [1.165, 1.54) is 16.8 Å². The van der Waals surface area contributed by atoms with E-state index in [0.717, 1.165) is 0 Å². The minimum absolute atomic E-state index is 0.0724. The summed E-state index contributed by atoms with van der Waals surface area (Å²) in [6.07, 6.45) is 3.33. The molecule has 1 aromatic carbocycles. The molecule has 7 nitrogen and oxygen atoms in total. The van der Waals surface area contributed by atoms with E-state index in [1.807, 2.05) is 0 Å². The molecule has 0 amide bonds. The van der Waals surface area contributed by atoms with E-state index < -0.39 is 4.92 Å². The maximum absolute atomic E-state index is 10.8. The fraction of sp³-hybridized carbons (Fsp3) is 0. The zero-order valence-corrected chi connectivity index (χ0v) is 9.63. The van der Waals surface area contributed by atoms with Crippen LogP contribution in [0.15, 0.2) is 30.6 Å². The molecule has 0 bridgehead atoms. The van der Waals surface area contributed by atoms with Gasteiger partial charge in [-0.15, -0.1) is 0 Å². The van der Waals surface area contributed by atoms with Crippen molar-refractivity contribution in [3.05, 3.63) is 45.7 Å². The Morgan fingerprint density at radius 3 is 2.94 bits per heavy atom. The summed E-state index contributed by atoms with van der Waals surface area (Å²) in [6.45, 7) is 0. The van der Waals surface area contributed by atoms with Crippen molar-refractivity contribution >= 4 is 28.3 Å². The van der Waals surface area contributed by atoms with Gasteiger partial charge in [0.05, 0.1) is 16.0 Å². The van der Waals surface area contributed by atoms with Gasteiger partial charge in [0.15, 0.2) is 0 Å². The van der Waals surface area contributed by atoms with Crippen molar-refractivity contribution < 1.29 is 4.92 Å². The van der Waals surface area contributed by atoms with Crippen molar-refractivity contribution in [3.63, 3.8) is 0 Å². The summed E-state index contributed by atoms with van der Waals surface area (Å²) >= 11 is 5.82. The van der Waals surface area contributed by atoms with Gasteiger partial charge in [0.2, 0.25) is 5.95 Å². The first-order valence-corrected chi connectivity index (χ1v) is 5.36. The summed E-state index contributed by atoms with van der Waals surface area (Å²) in [7, 11) is 0. The summed E-state index contributed by atoms with van der Waals surface area (Å²) in [6, 6.07) is 4.57. The standard InChI is InChI=1S/C10H6ClN5O2/c11-6-4-7-8(5-9(6)16(17)18)14-10(13-7)15-3-1-2-12-15/h1-5H,(H,13,14). The van der Waals surface area contributed by atoms with Crippen LogP contribution in [-0.4, -0.2) is 24.7 Å². The van der Waals surface area contributed by atoms with E-state index >= 15 is 0 Å². The molecule has 3 rings (SSSR count). The topological polar surface area (TPSA) is 89.6 Å². The number of rotatable bonds is 2. The summed E-state index contributed by atoms with van der Waals surface area (Å²) in [4.78, 5) is 17.4. The van der Waals surface area contributed by atoms with E-state index in [2.05, 4.69) is 15.1 Å². The molecule has 0 aliphatic rings. The summed E-state index contributed by atoms with van der Waals surface area (Å²) in [5.41, 5.74) is 0.926. The molecular formula is C10H6ClN5O2. The van der Waals surface area contributed by atoms with Gasteiger partial charge in [0, 0.05) is 18.5 Å². The van der Waals surface area contributed by atoms with E-state index in [4.69, 9.17) is 11.6 Å². The Bertz CT molecular complexity index is 734. The van der Waals surface area contributed by atoms with Crippen LogP contribution in [0.4, 0.5) is 5.69 Å². The molecule has 2 heterocycles. The molecule has 90 valence electrons. The van der Waals surface area contributed by atoms with Crippen molar-refractivity contribution in [2.75, 3.05) is 0 Å². The Balaban J connectivity index is 2.21. The Morgan fingerprint density at radius 2 is 2.28 bits per heavy atom. The maximum Gasteiger partial charge on any atom is 0.290 e. The quantitative estimate of drug-likeness (QED) is 0.567. The van der Waals surface area contributed by atoms with Crippen LogP contribution in [0.1, 0.15) is 0 Å². The SMILES string of the molecule is O=[N+]([O-])c1cc2nc(-n3cccn3)[nH]c2cc1Cl.